The maximum atomic E-state index is 11.7. The molecule has 3 N–H and O–H groups in total. The van der Waals surface area contributed by atoms with Gasteiger partial charge in [0.25, 0.3) is 0 Å². The van der Waals surface area contributed by atoms with Crippen molar-refractivity contribution in [2.24, 2.45) is 17.6 Å². The molecule has 1 rings (SSSR count). The summed E-state index contributed by atoms with van der Waals surface area (Å²) in [5, 5.41) is 2.93. The molecule has 0 bridgehead atoms. The zero-order chi connectivity index (χ0) is 14.8. The van der Waals surface area contributed by atoms with Crippen molar-refractivity contribution in [3.05, 3.63) is 0 Å². The van der Waals surface area contributed by atoms with Crippen LogP contribution in [0.3, 0.4) is 0 Å². The molecule has 0 saturated heterocycles. The predicted molar refractivity (Wildman–Crippen MR) is 82.5 cm³/mol. The van der Waals surface area contributed by atoms with Crippen LogP contribution in [0.4, 0.5) is 0 Å². The molecule has 0 aromatic rings. The number of nitrogens with two attached hydrogens (primary N) is 1. The molecule has 20 heavy (non-hydrogen) atoms. The van der Waals surface area contributed by atoms with Gasteiger partial charge in [-0.3, -0.25) is 4.79 Å². The van der Waals surface area contributed by atoms with Crippen molar-refractivity contribution in [3.63, 3.8) is 0 Å². The van der Waals surface area contributed by atoms with Gasteiger partial charge < -0.3 is 15.8 Å². The Balaban J connectivity index is 1.95. The van der Waals surface area contributed by atoms with Crippen LogP contribution < -0.4 is 11.1 Å². The van der Waals surface area contributed by atoms with E-state index in [1.54, 1.807) is 0 Å². The van der Waals surface area contributed by atoms with E-state index in [0.717, 1.165) is 32.3 Å². The summed E-state index contributed by atoms with van der Waals surface area (Å²) in [4.78, 5) is 11.7. The molecule has 2 atom stereocenters. The van der Waals surface area contributed by atoms with E-state index in [4.69, 9.17) is 10.5 Å². The summed E-state index contributed by atoms with van der Waals surface area (Å²) in [6.45, 7) is 6.39. The van der Waals surface area contributed by atoms with E-state index in [-0.39, 0.29) is 5.91 Å². The molecule has 0 aromatic carbocycles. The highest BCUT2D eigenvalue weighted by Crippen LogP contribution is 2.26. The van der Waals surface area contributed by atoms with Crippen molar-refractivity contribution in [1.29, 1.82) is 0 Å². The second-order valence-electron chi connectivity index (χ2n) is 6.48. The molecule has 1 aliphatic carbocycles. The molecular weight excluding hydrogens is 252 g/mol. The number of hydrogen-bond donors (Lipinski definition) is 2. The summed E-state index contributed by atoms with van der Waals surface area (Å²) < 4.78 is 5.47. The average molecular weight is 284 g/mol. The molecule has 118 valence electrons. The molecule has 0 aromatic heterocycles. The topological polar surface area (TPSA) is 64.3 Å². The fourth-order valence-electron chi connectivity index (χ4n) is 2.70. The molecule has 1 aliphatic rings. The maximum Gasteiger partial charge on any atom is 0.220 e. The Kier molecular flexibility index (Phi) is 8.86. The van der Waals surface area contributed by atoms with Crippen LogP contribution in [0.1, 0.15) is 58.8 Å². The van der Waals surface area contributed by atoms with Crippen LogP contribution in [0.5, 0.6) is 0 Å². The number of amides is 1. The monoisotopic (exact) mass is 284 g/mol. The average Bonchev–Trinajstić information content (AvgIpc) is 2.40. The first-order chi connectivity index (χ1) is 9.58. The van der Waals surface area contributed by atoms with Crippen molar-refractivity contribution in [2.75, 3.05) is 19.8 Å². The third kappa shape index (κ3) is 8.54. The fourth-order valence-corrected chi connectivity index (χ4v) is 2.70. The van der Waals surface area contributed by atoms with E-state index >= 15 is 0 Å². The summed E-state index contributed by atoms with van der Waals surface area (Å²) in [5.74, 6) is 1.47. The van der Waals surface area contributed by atoms with Crippen molar-refractivity contribution >= 4 is 5.91 Å². The van der Waals surface area contributed by atoms with Crippen molar-refractivity contribution in [2.45, 2.75) is 64.8 Å². The lowest BCUT2D eigenvalue weighted by Crippen LogP contribution is -2.30. The zero-order valence-corrected chi connectivity index (χ0v) is 13.2. The Morgan fingerprint density at radius 3 is 2.85 bits per heavy atom. The van der Waals surface area contributed by atoms with Crippen molar-refractivity contribution in [1.82, 2.24) is 5.32 Å². The first-order valence-corrected chi connectivity index (χ1v) is 8.18. The minimum atomic E-state index is 0.150. The van der Waals surface area contributed by atoms with Crippen LogP contribution in [0, 0.1) is 11.8 Å². The SMILES string of the molecule is CC(C)CCOCCNC(=O)CCC1CCCC(N)C1. The van der Waals surface area contributed by atoms with Crippen LogP contribution in [0.25, 0.3) is 0 Å². The van der Waals surface area contributed by atoms with Gasteiger partial charge in [0, 0.05) is 25.6 Å². The van der Waals surface area contributed by atoms with Crippen LogP contribution in [0.15, 0.2) is 0 Å². The van der Waals surface area contributed by atoms with E-state index in [1.165, 1.54) is 12.8 Å². The lowest BCUT2D eigenvalue weighted by molar-refractivity contribution is -0.121. The van der Waals surface area contributed by atoms with Crippen molar-refractivity contribution in [3.8, 4) is 0 Å². The molecule has 1 amide bonds. The lowest BCUT2D eigenvalue weighted by atomic mass is 9.83. The highest BCUT2D eigenvalue weighted by molar-refractivity contribution is 5.75. The zero-order valence-electron chi connectivity index (χ0n) is 13.2. The van der Waals surface area contributed by atoms with Gasteiger partial charge in [0.15, 0.2) is 0 Å². The van der Waals surface area contributed by atoms with Gasteiger partial charge in [0.2, 0.25) is 5.91 Å². The summed E-state index contributed by atoms with van der Waals surface area (Å²) in [6, 6.07) is 0.353. The van der Waals surface area contributed by atoms with Gasteiger partial charge >= 0.3 is 0 Å². The number of ether oxygens (including phenoxy) is 1. The Labute approximate surface area is 123 Å². The molecule has 1 fully saturated rings. The number of nitrogens with one attached hydrogen (secondary N) is 1. The minimum Gasteiger partial charge on any atom is -0.380 e. The molecule has 0 heterocycles. The van der Waals surface area contributed by atoms with Gasteiger partial charge in [-0.15, -0.1) is 0 Å². The summed E-state index contributed by atoms with van der Waals surface area (Å²) >= 11 is 0. The Hall–Kier alpha value is -0.610. The van der Waals surface area contributed by atoms with Crippen molar-refractivity contribution < 1.29 is 9.53 Å². The highest BCUT2D eigenvalue weighted by atomic mass is 16.5. The van der Waals surface area contributed by atoms with E-state index in [9.17, 15) is 4.79 Å². The number of carbonyl (C=O) groups excluding carboxylic acids is 1. The quantitative estimate of drug-likeness (QED) is 0.639. The Morgan fingerprint density at radius 2 is 2.15 bits per heavy atom. The van der Waals surface area contributed by atoms with E-state index in [1.807, 2.05) is 0 Å². The van der Waals surface area contributed by atoms with Crippen LogP contribution in [-0.2, 0) is 9.53 Å². The smallest absolute Gasteiger partial charge is 0.220 e. The van der Waals surface area contributed by atoms with Crippen LogP contribution >= 0.6 is 0 Å². The first kappa shape index (κ1) is 17.4. The Morgan fingerprint density at radius 1 is 1.35 bits per heavy atom. The molecule has 1 saturated carbocycles. The number of carbonyl (C=O) groups is 1. The molecular formula is C16H32N2O2. The van der Waals surface area contributed by atoms with Crippen LogP contribution in [0.2, 0.25) is 0 Å². The van der Waals surface area contributed by atoms with Gasteiger partial charge in [0.1, 0.15) is 0 Å². The standard InChI is InChI=1S/C16H32N2O2/c1-13(2)8-10-20-11-9-18-16(19)7-6-14-4-3-5-15(17)12-14/h13-15H,3-12,17H2,1-2H3,(H,18,19). The summed E-state index contributed by atoms with van der Waals surface area (Å²) in [5.41, 5.74) is 5.96. The molecule has 4 heteroatoms. The molecule has 2 unspecified atom stereocenters. The van der Waals surface area contributed by atoms with Gasteiger partial charge in [-0.2, -0.15) is 0 Å². The summed E-state index contributed by atoms with van der Waals surface area (Å²) in [6.07, 6.45) is 7.38. The van der Waals surface area contributed by atoms with Gasteiger partial charge in [-0.05, 0) is 37.5 Å². The van der Waals surface area contributed by atoms with E-state index < -0.39 is 0 Å². The van der Waals surface area contributed by atoms with Gasteiger partial charge in [-0.25, -0.2) is 0 Å². The summed E-state index contributed by atoms with van der Waals surface area (Å²) in [7, 11) is 0. The van der Waals surface area contributed by atoms with E-state index in [0.29, 0.717) is 37.5 Å². The molecule has 0 radical (unpaired) electrons. The second-order valence-corrected chi connectivity index (χ2v) is 6.48. The Bertz CT molecular complexity index is 269. The highest BCUT2D eigenvalue weighted by Gasteiger charge is 2.19. The molecule has 4 nitrogen and oxygen atoms in total. The minimum absolute atomic E-state index is 0.150. The lowest BCUT2D eigenvalue weighted by Gasteiger charge is -2.26. The number of rotatable bonds is 9. The normalized spacial score (nSPS) is 23.0. The van der Waals surface area contributed by atoms with E-state index in [2.05, 4.69) is 19.2 Å². The largest absolute Gasteiger partial charge is 0.380 e. The molecule has 0 spiro atoms. The third-order valence-electron chi connectivity index (χ3n) is 4.01. The van der Waals surface area contributed by atoms with Crippen LogP contribution in [-0.4, -0.2) is 31.7 Å². The second kappa shape index (κ2) is 10.2. The molecule has 0 aliphatic heterocycles. The fraction of sp³-hybridized carbons (Fsp3) is 0.938. The maximum absolute atomic E-state index is 11.7. The predicted octanol–water partition coefficient (Wildman–Crippen LogP) is 2.46. The number of hydrogen-bond acceptors (Lipinski definition) is 3. The third-order valence-corrected chi connectivity index (χ3v) is 4.01. The van der Waals surface area contributed by atoms with Gasteiger partial charge in [-0.1, -0.05) is 26.7 Å². The first-order valence-electron chi connectivity index (χ1n) is 8.18. The van der Waals surface area contributed by atoms with Gasteiger partial charge in [0.05, 0.1) is 6.61 Å².